The number of aromatic nitrogens is 2. The number of carbonyl (C=O) groups excluding carboxylic acids is 2. The van der Waals surface area contributed by atoms with Gasteiger partial charge in [0, 0.05) is 42.6 Å². The van der Waals surface area contributed by atoms with Crippen molar-refractivity contribution in [3.05, 3.63) is 48.4 Å². The standard InChI is InChI=1S/C25H32N4O5/c26-23(30)22(18-12-27-16-28-13-18)29-9-6-17(7-10-29)21(14-29)34-24(31)25(32,20-8-11-33-15-20)19-4-2-1-3-5-19/h8,11-13,15-17,19,21-22,32H,1-7,9-10,14H2,(H-,26,30)/p+1/t17?,21-,22?,25?,29?/m0/s1. The summed E-state index contributed by atoms with van der Waals surface area (Å²) in [6.45, 7) is 2.02. The van der Waals surface area contributed by atoms with E-state index in [0.29, 0.717) is 22.2 Å². The molecule has 3 saturated heterocycles. The van der Waals surface area contributed by atoms with Gasteiger partial charge in [0.15, 0.2) is 17.7 Å². The van der Waals surface area contributed by atoms with E-state index < -0.39 is 29.6 Å². The van der Waals surface area contributed by atoms with Gasteiger partial charge in [0.05, 0.1) is 31.2 Å². The molecule has 182 valence electrons. The zero-order valence-electron chi connectivity index (χ0n) is 19.3. The van der Waals surface area contributed by atoms with Gasteiger partial charge in [-0.2, -0.15) is 0 Å². The lowest BCUT2D eigenvalue weighted by atomic mass is 9.74. The van der Waals surface area contributed by atoms with Crippen molar-refractivity contribution in [1.29, 1.82) is 0 Å². The van der Waals surface area contributed by atoms with Crippen molar-refractivity contribution in [2.24, 2.45) is 17.6 Å². The predicted molar refractivity (Wildman–Crippen MR) is 121 cm³/mol. The second-order valence-corrected chi connectivity index (χ2v) is 10.2. The van der Waals surface area contributed by atoms with E-state index in [9.17, 15) is 14.7 Å². The first-order valence-electron chi connectivity index (χ1n) is 12.3. The number of rotatable bonds is 7. The van der Waals surface area contributed by atoms with Gasteiger partial charge in [-0.3, -0.25) is 4.79 Å². The first-order valence-corrected chi connectivity index (χ1v) is 12.3. The van der Waals surface area contributed by atoms with E-state index in [1.165, 1.54) is 18.9 Å². The third kappa shape index (κ3) is 3.90. The number of carbonyl (C=O) groups is 2. The minimum Gasteiger partial charge on any atom is -0.472 e. The summed E-state index contributed by atoms with van der Waals surface area (Å²) in [5, 5.41) is 11.8. The molecule has 1 amide bonds. The summed E-state index contributed by atoms with van der Waals surface area (Å²) in [4.78, 5) is 34.4. The van der Waals surface area contributed by atoms with E-state index in [0.717, 1.165) is 58.0 Å². The van der Waals surface area contributed by atoms with Gasteiger partial charge in [0.1, 0.15) is 12.9 Å². The molecule has 1 aliphatic carbocycles. The molecule has 4 fully saturated rings. The van der Waals surface area contributed by atoms with Gasteiger partial charge >= 0.3 is 5.97 Å². The molecule has 5 heterocycles. The van der Waals surface area contributed by atoms with Crippen LogP contribution < -0.4 is 5.73 Å². The quantitative estimate of drug-likeness (QED) is 0.470. The van der Waals surface area contributed by atoms with Crippen LogP contribution >= 0.6 is 0 Å². The summed E-state index contributed by atoms with van der Waals surface area (Å²) in [7, 11) is 0. The number of hydrogen-bond donors (Lipinski definition) is 2. The molecule has 9 nitrogen and oxygen atoms in total. The maximum atomic E-state index is 13.7. The molecule has 6 rings (SSSR count). The molecule has 0 aromatic carbocycles. The Bertz CT molecular complexity index is 1000. The zero-order valence-corrected chi connectivity index (χ0v) is 19.3. The van der Waals surface area contributed by atoms with Gasteiger partial charge in [0.25, 0.3) is 5.91 Å². The van der Waals surface area contributed by atoms with Crippen LogP contribution in [0.25, 0.3) is 0 Å². The molecule has 2 bridgehead atoms. The molecule has 2 aromatic rings. The van der Waals surface area contributed by atoms with Gasteiger partial charge in [-0.1, -0.05) is 19.3 Å². The highest BCUT2D eigenvalue weighted by molar-refractivity contribution is 5.82. The number of nitrogens with zero attached hydrogens (tertiary/aromatic N) is 3. The van der Waals surface area contributed by atoms with Crippen LogP contribution in [0.1, 0.15) is 62.1 Å². The molecular formula is C25H33N4O5+. The second-order valence-electron chi connectivity index (χ2n) is 10.2. The number of hydrogen-bond acceptors (Lipinski definition) is 7. The lowest BCUT2D eigenvalue weighted by molar-refractivity contribution is -0.965. The largest absolute Gasteiger partial charge is 0.472 e. The summed E-state index contributed by atoms with van der Waals surface area (Å²) < 4.78 is 11.8. The lowest BCUT2D eigenvalue weighted by Crippen LogP contribution is -2.67. The molecule has 3 atom stereocenters. The molecule has 2 aromatic heterocycles. The van der Waals surface area contributed by atoms with E-state index in [-0.39, 0.29) is 11.8 Å². The van der Waals surface area contributed by atoms with Crippen LogP contribution in [0.2, 0.25) is 0 Å². The Hall–Kier alpha value is -2.78. The summed E-state index contributed by atoms with van der Waals surface area (Å²) >= 11 is 0. The first kappa shape index (κ1) is 23.0. The van der Waals surface area contributed by atoms with Gasteiger partial charge in [-0.15, -0.1) is 0 Å². The molecule has 9 heteroatoms. The summed E-state index contributed by atoms with van der Waals surface area (Å²) in [5.41, 5.74) is 5.28. The number of quaternary nitrogens is 1. The highest BCUT2D eigenvalue weighted by Gasteiger charge is 2.56. The number of aliphatic hydroxyl groups is 1. The van der Waals surface area contributed by atoms with E-state index in [4.69, 9.17) is 14.9 Å². The van der Waals surface area contributed by atoms with E-state index in [1.807, 2.05) is 0 Å². The summed E-state index contributed by atoms with van der Waals surface area (Å²) in [6, 6.07) is 1.05. The van der Waals surface area contributed by atoms with Crippen LogP contribution in [0, 0.1) is 11.8 Å². The Morgan fingerprint density at radius 1 is 1.15 bits per heavy atom. The number of piperidine rings is 3. The average Bonchev–Trinajstić information content (AvgIpc) is 3.41. The molecular weight excluding hydrogens is 436 g/mol. The Balaban J connectivity index is 1.41. The normalized spacial score (nSPS) is 29.8. The van der Waals surface area contributed by atoms with Crippen LogP contribution in [-0.2, 0) is 19.9 Å². The fourth-order valence-electron chi connectivity index (χ4n) is 6.61. The van der Waals surface area contributed by atoms with Crippen LogP contribution in [0.5, 0.6) is 0 Å². The average molecular weight is 470 g/mol. The number of furan rings is 1. The summed E-state index contributed by atoms with van der Waals surface area (Å²) in [5.74, 6) is -1.06. The predicted octanol–water partition coefficient (Wildman–Crippen LogP) is 2.22. The number of esters is 1. The molecule has 0 spiro atoms. The van der Waals surface area contributed by atoms with Crippen molar-refractivity contribution in [3.8, 4) is 0 Å². The highest BCUT2D eigenvalue weighted by Crippen LogP contribution is 2.45. The fraction of sp³-hybridized carbons (Fsp3) is 0.600. The minimum atomic E-state index is -1.74. The van der Waals surface area contributed by atoms with Crippen LogP contribution in [0.4, 0.5) is 0 Å². The maximum absolute atomic E-state index is 13.7. The third-order valence-electron chi connectivity index (χ3n) is 8.40. The molecule has 0 radical (unpaired) electrons. The van der Waals surface area contributed by atoms with E-state index >= 15 is 0 Å². The van der Waals surface area contributed by atoms with E-state index in [2.05, 4.69) is 9.97 Å². The van der Waals surface area contributed by atoms with Crippen molar-refractivity contribution in [2.75, 3.05) is 19.6 Å². The summed E-state index contributed by atoms with van der Waals surface area (Å²) in [6.07, 6.45) is 13.5. The number of amides is 1. The highest BCUT2D eigenvalue weighted by atomic mass is 16.6. The van der Waals surface area contributed by atoms with Gasteiger partial charge in [0.2, 0.25) is 0 Å². The van der Waals surface area contributed by atoms with Crippen LogP contribution in [0.15, 0.2) is 41.7 Å². The number of fused-ring (bicyclic) bond motifs is 3. The monoisotopic (exact) mass is 469 g/mol. The van der Waals surface area contributed by atoms with Gasteiger partial charge in [-0.05, 0) is 18.9 Å². The fourth-order valence-corrected chi connectivity index (χ4v) is 6.61. The number of primary amides is 1. The third-order valence-corrected chi connectivity index (χ3v) is 8.40. The molecule has 4 aliphatic rings. The lowest BCUT2D eigenvalue weighted by Gasteiger charge is -2.54. The molecule has 3 N–H and O–H groups in total. The van der Waals surface area contributed by atoms with Gasteiger partial charge < -0.3 is 24.5 Å². The molecule has 1 saturated carbocycles. The van der Waals surface area contributed by atoms with Crippen molar-refractivity contribution in [3.63, 3.8) is 0 Å². The zero-order chi connectivity index (χ0) is 23.8. The molecule has 2 unspecified atom stereocenters. The van der Waals surface area contributed by atoms with Gasteiger partial charge in [-0.25, -0.2) is 14.8 Å². The Labute approximate surface area is 198 Å². The maximum Gasteiger partial charge on any atom is 0.343 e. The smallest absolute Gasteiger partial charge is 0.343 e. The Kier molecular flexibility index (Phi) is 6.16. The molecule has 34 heavy (non-hydrogen) atoms. The minimum absolute atomic E-state index is 0.199. The van der Waals surface area contributed by atoms with Crippen molar-refractivity contribution in [2.45, 2.75) is 62.7 Å². The van der Waals surface area contributed by atoms with Crippen LogP contribution in [-0.4, -0.2) is 57.2 Å². The van der Waals surface area contributed by atoms with Crippen LogP contribution in [0.3, 0.4) is 0 Å². The second kappa shape index (κ2) is 9.11. The Morgan fingerprint density at radius 2 is 1.85 bits per heavy atom. The number of ether oxygens (including phenoxy) is 1. The molecule has 3 aliphatic heterocycles. The first-order chi connectivity index (χ1) is 16.4. The van der Waals surface area contributed by atoms with Crippen molar-refractivity contribution in [1.82, 2.24) is 9.97 Å². The Morgan fingerprint density at radius 3 is 2.47 bits per heavy atom. The van der Waals surface area contributed by atoms with Crippen molar-refractivity contribution < 1.29 is 28.3 Å². The topological polar surface area (TPSA) is 129 Å². The number of nitrogens with two attached hydrogens (primary N) is 1. The van der Waals surface area contributed by atoms with E-state index in [1.54, 1.807) is 18.5 Å². The SMILES string of the molecule is NC(=O)C(c1cncnc1)[N+]12CCC(CC1)[C@@H](OC(=O)C(O)(c1ccoc1)C1CCCCC1)C2. The van der Waals surface area contributed by atoms with Crippen molar-refractivity contribution >= 4 is 11.9 Å².